The third-order valence-electron chi connectivity index (χ3n) is 2.03. The molecular weight excluding hydrogens is 198 g/mol. The maximum Gasteiger partial charge on any atom is 0.131 e. The Bertz CT molecular complexity index is 288. The maximum atomic E-state index is 5.80. The zero-order chi connectivity index (χ0) is 10.6. The number of hydrogen-bond donors (Lipinski definition) is 0. The lowest BCUT2D eigenvalue weighted by Gasteiger charge is -2.21. The van der Waals surface area contributed by atoms with Crippen molar-refractivity contribution in [1.29, 1.82) is 0 Å². The molecule has 0 unspecified atom stereocenters. The summed E-state index contributed by atoms with van der Waals surface area (Å²) in [5.74, 6) is 0. The van der Waals surface area contributed by atoms with Gasteiger partial charge in [0.15, 0.2) is 0 Å². The average molecular weight is 214 g/mol. The molecule has 0 saturated heterocycles. The number of likely N-dealkylation sites (N-methyl/N-ethyl adjacent to an activating group) is 2. The molecule has 1 aromatic rings. The van der Waals surface area contributed by atoms with Gasteiger partial charge in [-0.15, -0.1) is 0 Å². The van der Waals surface area contributed by atoms with Crippen LogP contribution in [0.15, 0.2) is 18.3 Å². The van der Waals surface area contributed by atoms with Crippen LogP contribution in [0.4, 0.5) is 5.69 Å². The Balaban J connectivity index is 2.56. The molecule has 4 heteroatoms. The number of halogens is 1. The van der Waals surface area contributed by atoms with Gasteiger partial charge in [0.1, 0.15) is 5.15 Å². The first kappa shape index (κ1) is 11.3. The fourth-order valence-corrected chi connectivity index (χ4v) is 1.28. The second kappa shape index (κ2) is 5.17. The summed E-state index contributed by atoms with van der Waals surface area (Å²) in [6, 6.07) is 3.83. The van der Waals surface area contributed by atoms with Crippen molar-refractivity contribution in [3.05, 3.63) is 23.5 Å². The number of nitrogens with zero attached hydrogens (tertiary/aromatic N) is 3. The van der Waals surface area contributed by atoms with E-state index in [9.17, 15) is 0 Å². The van der Waals surface area contributed by atoms with Gasteiger partial charge in [0.05, 0.1) is 0 Å². The minimum atomic E-state index is 0.541. The predicted octanol–water partition coefficient (Wildman–Crippen LogP) is 1.73. The molecule has 3 nitrogen and oxygen atoms in total. The summed E-state index contributed by atoms with van der Waals surface area (Å²) in [6.07, 6.45) is 1.73. The molecule has 1 heterocycles. The molecule has 0 radical (unpaired) electrons. The van der Waals surface area contributed by atoms with Gasteiger partial charge in [0.2, 0.25) is 0 Å². The van der Waals surface area contributed by atoms with Gasteiger partial charge in [-0.1, -0.05) is 11.6 Å². The molecule has 0 atom stereocenters. The van der Waals surface area contributed by atoms with E-state index in [1.807, 2.05) is 12.1 Å². The van der Waals surface area contributed by atoms with Crippen LogP contribution in [0, 0.1) is 0 Å². The van der Waals surface area contributed by atoms with Crippen LogP contribution in [-0.4, -0.2) is 44.1 Å². The van der Waals surface area contributed by atoms with Crippen LogP contribution >= 0.6 is 11.6 Å². The van der Waals surface area contributed by atoms with Crippen molar-refractivity contribution in [3.63, 3.8) is 0 Å². The molecule has 0 aromatic carbocycles. The van der Waals surface area contributed by atoms with Crippen LogP contribution < -0.4 is 4.90 Å². The first-order chi connectivity index (χ1) is 6.59. The highest BCUT2D eigenvalue weighted by Crippen LogP contribution is 2.15. The molecule has 0 aliphatic rings. The van der Waals surface area contributed by atoms with Crippen LogP contribution in [0.1, 0.15) is 0 Å². The smallest absolute Gasteiger partial charge is 0.131 e. The molecule has 0 N–H and O–H groups in total. The largest absolute Gasteiger partial charge is 0.373 e. The van der Waals surface area contributed by atoms with Gasteiger partial charge in [-0.05, 0) is 26.2 Å². The van der Waals surface area contributed by atoms with E-state index in [2.05, 4.69) is 35.9 Å². The van der Waals surface area contributed by atoms with Crippen molar-refractivity contribution in [1.82, 2.24) is 9.88 Å². The van der Waals surface area contributed by atoms with Crippen LogP contribution in [-0.2, 0) is 0 Å². The van der Waals surface area contributed by atoms with Crippen LogP contribution in [0.2, 0.25) is 5.15 Å². The third-order valence-corrected chi connectivity index (χ3v) is 2.24. The first-order valence-electron chi connectivity index (χ1n) is 4.57. The molecule has 78 valence electrons. The van der Waals surface area contributed by atoms with E-state index in [-0.39, 0.29) is 0 Å². The number of hydrogen-bond acceptors (Lipinski definition) is 3. The van der Waals surface area contributed by atoms with Crippen LogP contribution in [0.25, 0.3) is 0 Å². The van der Waals surface area contributed by atoms with Crippen LogP contribution in [0.3, 0.4) is 0 Å². The summed E-state index contributed by atoms with van der Waals surface area (Å²) in [5, 5.41) is 0.541. The molecule has 1 aromatic heterocycles. The lowest BCUT2D eigenvalue weighted by molar-refractivity contribution is 0.416. The van der Waals surface area contributed by atoms with Gasteiger partial charge in [0, 0.05) is 32.0 Å². The SMILES string of the molecule is CN(C)CCN(C)c1ccnc(Cl)c1. The van der Waals surface area contributed by atoms with Gasteiger partial charge in [-0.3, -0.25) is 0 Å². The van der Waals surface area contributed by atoms with Gasteiger partial charge >= 0.3 is 0 Å². The van der Waals surface area contributed by atoms with Crippen LogP contribution in [0.5, 0.6) is 0 Å². The number of aromatic nitrogens is 1. The zero-order valence-corrected chi connectivity index (χ0v) is 9.62. The maximum absolute atomic E-state index is 5.80. The summed E-state index contributed by atoms with van der Waals surface area (Å²) >= 11 is 5.80. The molecule has 0 spiro atoms. The summed E-state index contributed by atoms with van der Waals surface area (Å²) in [6.45, 7) is 2.00. The average Bonchev–Trinajstić information content (AvgIpc) is 2.14. The summed E-state index contributed by atoms with van der Waals surface area (Å²) in [7, 11) is 6.18. The molecule has 1 rings (SSSR count). The van der Waals surface area contributed by atoms with Gasteiger partial charge in [-0.2, -0.15) is 0 Å². The highest BCUT2D eigenvalue weighted by molar-refractivity contribution is 6.29. The molecule has 0 aliphatic heterocycles. The van der Waals surface area contributed by atoms with E-state index < -0.39 is 0 Å². The van der Waals surface area contributed by atoms with Crippen molar-refractivity contribution < 1.29 is 0 Å². The Hall–Kier alpha value is -0.800. The fourth-order valence-electron chi connectivity index (χ4n) is 1.11. The summed E-state index contributed by atoms with van der Waals surface area (Å²) in [5.41, 5.74) is 1.10. The molecule has 0 fully saturated rings. The molecular formula is C10H16ClN3. The fraction of sp³-hybridized carbons (Fsp3) is 0.500. The lowest BCUT2D eigenvalue weighted by Crippen LogP contribution is -2.28. The minimum Gasteiger partial charge on any atom is -0.373 e. The standard InChI is InChI=1S/C10H16ClN3/c1-13(2)6-7-14(3)9-4-5-12-10(11)8-9/h4-5,8H,6-7H2,1-3H3. The minimum absolute atomic E-state index is 0.541. The lowest BCUT2D eigenvalue weighted by atomic mass is 10.3. The van der Waals surface area contributed by atoms with Gasteiger partial charge in [-0.25, -0.2) is 4.98 Å². The Kier molecular flexibility index (Phi) is 4.17. The van der Waals surface area contributed by atoms with E-state index >= 15 is 0 Å². The molecule has 0 bridgehead atoms. The second-order valence-corrected chi connectivity index (χ2v) is 3.95. The van der Waals surface area contributed by atoms with Crippen molar-refractivity contribution in [2.45, 2.75) is 0 Å². The van der Waals surface area contributed by atoms with E-state index in [1.54, 1.807) is 6.20 Å². The zero-order valence-electron chi connectivity index (χ0n) is 8.87. The van der Waals surface area contributed by atoms with Gasteiger partial charge < -0.3 is 9.80 Å². The Morgan fingerprint density at radius 3 is 2.57 bits per heavy atom. The molecule has 14 heavy (non-hydrogen) atoms. The van der Waals surface area contributed by atoms with Crippen molar-refractivity contribution in [3.8, 4) is 0 Å². The van der Waals surface area contributed by atoms with E-state index in [0.29, 0.717) is 5.15 Å². The van der Waals surface area contributed by atoms with Crippen molar-refractivity contribution >= 4 is 17.3 Å². The highest BCUT2D eigenvalue weighted by atomic mass is 35.5. The van der Waals surface area contributed by atoms with Crippen molar-refractivity contribution in [2.75, 3.05) is 39.1 Å². The highest BCUT2D eigenvalue weighted by Gasteiger charge is 2.01. The quantitative estimate of drug-likeness (QED) is 0.711. The Morgan fingerprint density at radius 1 is 1.29 bits per heavy atom. The third kappa shape index (κ3) is 3.52. The Morgan fingerprint density at radius 2 is 2.00 bits per heavy atom. The molecule has 0 aliphatic carbocycles. The van der Waals surface area contributed by atoms with E-state index in [4.69, 9.17) is 11.6 Å². The number of anilines is 1. The predicted molar refractivity (Wildman–Crippen MR) is 61.1 cm³/mol. The molecule has 0 amide bonds. The van der Waals surface area contributed by atoms with Crippen molar-refractivity contribution in [2.24, 2.45) is 0 Å². The summed E-state index contributed by atoms with van der Waals surface area (Å²) in [4.78, 5) is 8.26. The normalized spacial score (nSPS) is 10.6. The second-order valence-electron chi connectivity index (χ2n) is 3.56. The Labute approximate surface area is 90.3 Å². The van der Waals surface area contributed by atoms with E-state index in [1.165, 1.54) is 0 Å². The number of rotatable bonds is 4. The molecule has 0 saturated carbocycles. The summed E-state index contributed by atoms with van der Waals surface area (Å²) < 4.78 is 0. The van der Waals surface area contributed by atoms with E-state index in [0.717, 1.165) is 18.8 Å². The van der Waals surface area contributed by atoms with Gasteiger partial charge in [0.25, 0.3) is 0 Å². The number of pyridine rings is 1. The topological polar surface area (TPSA) is 19.4 Å². The first-order valence-corrected chi connectivity index (χ1v) is 4.95. The monoisotopic (exact) mass is 213 g/mol.